The van der Waals surface area contributed by atoms with E-state index >= 15 is 0 Å². The summed E-state index contributed by atoms with van der Waals surface area (Å²) in [4.78, 5) is 2.96. The van der Waals surface area contributed by atoms with Crippen LogP contribution in [0.5, 0.6) is 11.5 Å². The zero-order valence-electron chi connectivity index (χ0n) is 6.90. The Kier molecular flexibility index (Phi) is 3.39. The van der Waals surface area contributed by atoms with Gasteiger partial charge >= 0.3 is 8.45 Å². The maximum absolute atomic E-state index is 9.43. The van der Waals surface area contributed by atoms with Crippen molar-refractivity contribution in [3.05, 3.63) is 24.3 Å². The molecule has 1 aromatic carbocycles. The first-order valence-corrected chi connectivity index (χ1v) is 6.54. The molecule has 0 amide bonds. The first kappa shape index (κ1) is 9.95. The molecule has 0 saturated carbocycles. The van der Waals surface area contributed by atoms with Crippen LogP contribution in [0, 0.1) is 0 Å². The maximum atomic E-state index is 9.43. The van der Waals surface area contributed by atoms with Gasteiger partial charge < -0.3 is 9.63 Å². The van der Waals surface area contributed by atoms with Gasteiger partial charge in [-0.3, -0.25) is 0 Å². The minimum Gasteiger partial charge on any atom is -0.504 e. The highest BCUT2D eigenvalue weighted by molar-refractivity contribution is 7.64. The van der Waals surface area contributed by atoms with Crippen LogP contribution in [-0.4, -0.2) is 5.11 Å². The van der Waals surface area contributed by atoms with Gasteiger partial charge in [-0.2, -0.15) is 13.9 Å². The molecule has 1 heterocycles. The number of phenolic OH excluding ortho intramolecular Hbond substituents is 1. The molecule has 2 rings (SSSR count). The van der Waals surface area contributed by atoms with E-state index in [9.17, 15) is 5.11 Å². The van der Waals surface area contributed by atoms with Gasteiger partial charge in [0.2, 0.25) is 0 Å². The van der Waals surface area contributed by atoms with E-state index in [4.69, 9.17) is 4.52 Å². The van der Waals surface area contributed by atoms with Crippen molar-refractivity contribution in [3.8, 4) is 11.5 Å². The van der Waals surface area contributed by atoms with Crippen molar-refractivity contribution in [3.63, 3.8) is 0 Å². The van der Waals surface area contributed by atoms with E-state index in [1.165, 1.54) is 0 Å². The molecule has 0 bridgehead atoms. The Morgan fingerprint density at radius 3 is 3.00 bits per heavy atom. The minimum absolute atomic E-state index is 0.128. The Bertz CT molecular complexity index is 384. The van der Waals surface area contributed by atoms with E-state index in [2.05, 4.69) is 13.9 Å². The number of rotatable bonds is 2. The van der Waals surface area contributed by atoms with Gasteiger partial charge in [0.25, 0.3) is 0 Å². The van der Waals surface area contributed by atoms with Gasteiger partial charge in [-0.05, 0) is 12.1 Å². The zero-order chi connectivity index (χ0) is 9.80. The molecule has 0 saturated heterocycles. The van der Waals surface area contributed by atoms with Crippen molar-refractivity contribution >= 4 is 25.5 Å². The molecule has 1 aromatic rings. The number of hydrogen-bond donors (Lipinski definition) is 2. The molecule has 14 heavy (non-hydrogen) atoms. The Morgan fingerprint density at radius 2 is 2.29 bits per heavy atom. The van der Waals surface area contributed by atoms with E-state index in [1.807, 2.05) is 0 Å². The molecule has 1 aliphatic rings. The minimum atomic E-state index is -1.07. The second-order valence-corrected chi connectivity index (χ2v) is 5.64. The second kappa shape index (κ2) is 4.77. The molecule has 0 aliphatic carbocycles. The van der Waals surface area contributed by atoms with Crippen molar-refractivity contribution in [2.24, 2.45) is 9.03 Å². The van der Waals surface area contributed by atoms with E-state index < -0.39 is 8.45 Å². The molecule has 1 aliphatic heterocycles. The Hall–Kier alpha value is -0.590. The summed E-state index contributed by atoms with van der Waals surface area (Å²) in [6.45, 7) is 0. The maximum Gasteiger partial charge on any atom is 0.311 e. The predicted octanol–water partition coefficient (Wildman–Crippen LogP) is 3.69. The van der Waals surface area contributed by atoms with Gasteiger partial charge in [0.15, 0.2) is 20.0 Å². The summed E-state index contributed by atoms with van der Waals surface area (Å²) in [5.41, 5.74) is 0. The van der Waals surface area contributed by atoms with Crippen LogP contribution in [0.15, 0.2) is 33.3 Å². The SMILES string of the molecule is Oc1ccccc1OP1N=PN=PN1. The van der Waals surface area contributed by atoms with Crippen LogP contribution in [0.25, 0.3) is 0 Å². The van der Waals surface area contributed by atoms with Crippen molar-refractivity contribution in [1.82, 2.24) is 4.86 Å². The number of hydrogen-bond acceptors (Lipinski definition) is 5. The molecular formula is C6H6N3O2P3. The third-order valence-corrected chi connectivity index (χ3v) is 4.45. The fourth-order valence-corrected chi connectivity index (χ4v) is 3.73. The van der Waals surface area contributed by atoms with Gasteiger partial charge in [-0.1, -0.05) is 12.1 Å². The lowest BCUT2D eigenvalue weighted by Gasteiger charge is -2.12. The van der Waals surface area contributed by atoms with Crippen molar-refractivity contribution in [2.45, 2.75) is 0 Å². The van der Waals surface area contributed by atoms with Crippen molar-refractivity contribution < 1.29 is 9.63 Å². The fraction of sp³-hybridized carbons (Fsp3) is 0. The quantitative estimate of drug-likeness (QED) is 0.780. The highest BCUT2D eigenvalue weighted by atomic mass is 31.2. The predicted molar refractivity (Wildman–Crippen MR) is 57.5 cm³/mol. The highest BCUT2D eigenvalue weighted by Gasteiger charge is 2.12. The smallest absolute Gasteiger partial charge is 0.311 e. The normalized spacial score (nSPS) is 21.9. The van der Waals surface area contributed by atoms with Crippen LogP contribution in [0.1, 0.15) is 0 Å². The molecule has 0 fully saturated rings. The molecule has 0 radical (unpaired) electrons. The molecule has 0 spiro atoms. The number of nitrogens with zero attached hydrogens (tertiary/aromatic N) is 2. The topological polar surface area (TPSA) is 66.2 Å². The van der Waals surface area contributed by atoms with Crippen LogP contribution in [0.4, 0.5) is 0 Å². The summed E-state index contributed by atoms with van der Waals surface area (Å²) in [6.07, 6.45) is 0. The second-order valence-electron chi connectivity index (χ2n) is 2.30. The Balaban J connectivity index is 2.07. The average molecular weight is 245 g/mol. The molecule has 72 valence electrons. The largest absolute Gasteiger partial charge is 0.504 e. The van der Waals surface area contributed by atoms with E-state index in [0.717, 1.165) is 8.52 Å². The molecule has 1 atom stereocenters. The number of nitrogens with one attached hydrogen (secondary N) is 1. The van der Waals surface area contributed by atoms with E-state index in [0.29, 0.717) is 14.3 Å². The van der Waals surface area contributed by atoms with Gasteiger partial charge in [0.1, 0.15) is 8.52 Å². The van der Waals surface area contributed by atoms with Gasteiger partial charge in [0, 0.05) is 0 Å². The fourth-order valence-electron chi connectivity index (χ4n) is 0.819. The third-order valence-electron chi connectivity index (χ3n) is 1.39. The van der Waals surface area contributed by atoms with Crippen LogP contribution in [0.2, 0.25) is 0 Å². The third kappa shape index (κ3) is 2.46. The van der Waals surface area contributed by atoms with Crippen LogP contribution >= 0.6 is 25.5 Å². The van der Waals surface area contributed by atoms with E-state index in [-0.39, 0.29) is 5.75 Å². The molecule has 5 nitrogen and oxygen atoms in total. The number of aromatic hydroxyl groups is 1. The summed E-state index contributed by atoms with van der Waals surface area (Å²) in [7, 11) is 0.379. The lowest BCUT2D eigenvalue weighted by atomic mass is 10.3. The van der Waals surface area contributed by atoms with Crippen LogP contribution in [0.3, 0.4) is 0 Å². The summed E-state index contributed by atoms with van der Waals surface area (Å²) >= 11 is 0. The van der Waals surface area contributed by atoms with Gasteiger partial charge in [0.05, 0.1) is 0 Å². The Labute approximate surface area is 85.3 Å². The molecule has 8 heteroatoms. The summed E-state index contributed by atoms with van der Waals surface area (Å²) < 4.78 is 13.5. The van der Waals surface area contributed by atoms with Crippen LogP contribution < -0.4 is 9.38 Å². The number of benzene rings is 1. The lowest BCUT2D eigenvalue weighted by Crippen LogP contribution is -1.96. The molecule has 2 N–H and O–H groups in total. The number of phenols is 1. The van der Waals surface area contributed by atoms with Gasteiger partial charge in [-0.15, -0.1) is 0 Å². The Morgan fingerprint density at radius 1 is 1.43 bits per heavy atom. The number of para-hydroxylation sites is 2. The van der Waals surface area contributed by atoms with Gasteiger partial charge in [-0.25, -0.2) is 0 Å². The lowest BCUT2D eigenvalue weighted by molar-refractivity contribution is 0.446. The summed E-state index contributed by atoms with van der Waals surface area (Å²) in [5, 5.41) is 9.43. The average Bonchev–Trinajstić information content (AvgIpc) is 2.23. The molecule has 1 unspecified atom stereocenters. The highest BCUT2D eigenvalue weighted by Crippen LogP contribution is 2.46. The molecular weight excluding hydrogens is 239 g/mol. The van der Waals surface area contributed by atoms with E-state index in [1.54, 1.807) is 24.3 Å². The van der Waals surface area contributed by atoms with Crippen molar-refractivity contribution in [1.29, 1.82) is 0 Å². The molecule has 0 aromatic heterocycles. The zero-order valence-corrected chi connectivity index (χ0v) is 9.58. The summed E-state index contributed by atoms with van der Waals surface area (Å²) in [6, 6.07) is 6.82. The summed E-state index contributed by atoms with van der Waals surface area (Å²) in [5.74, 6) is 0.574. The monoisotopic (exact) mass is 245 g/mol. The first-order valence-electron chi connectivity index (χ1n) is 3.68. The van der Waals surface area contributed by atoms with Crippen molar-refractivity contribution in [2.75, 3.05) is 0 Å². The standard InChI is InChI=1S/C6H6N3O2P3/c10-5-3-1-2-4-6(5)11-14-8-12-7-13-9-14/h1-4,10H,(H,7,8,9). The first-order chi connectivity index (χ1) is 6.86. The van der Waals surface area contributed by atoms with Crippen LogP contribution in [-0.2, 0) is 0 Å².